The molecule has 0 aromatic rings. The van der Waals surface area contributed by atoms with Crippen molar-refractivity contribution in [3.8, 4) is 0 Å². The minimum atomic E-state index is -1.12. The van der Waals surface area contributed by atoms with Gasteiger partial charge in [-0.25, -0.2) is 0 Å². The quantitative estimate of drug-likeness (QED) is 0.510. The van der Waals surface area contributed by atoms with Crippen molar-refractivity contribution >= 4 is 10.8 Å². The first-order chi connectivity index (χ1) is 4.00. The molecule has 0 atom stereocenters. The van der Waals surface area contributed by atoms with E-state index in [9.17, 15) is 4.21 Å². The van der Waals surface area contributed by atoms with E-state index >= 15 is 0 Å². The highest BCUT2D eigenvalue weighted by Crippen LogP contribution is 1.77. The third kappa shape index (κ3) is 69.4. The van der Waals surface area contributed by atoms with Gasteiger partial charge in [-0.1, -0.05) is 6.92 Å². The van der Waals surface area contributed by atoms with Crippen LogP contribution in [-0.4, -0.2) is 33.2 Å². The number of rotatable bonds is 1. The second-order valence-corrected chi connectivity index (χ2v) is 3.11. The zero-order valence-electron chi connectivity index (χ0n) is 6.00. The van der Waals surface area contributed by atoms with Crippen molar-refractivity contribution in [1.29, 1.82) is 0 Å². The smallest absolute Gasteiger partial charge is 0.151 e. The molecule has 9 heavy (non-hydrogen) atoms. The van der Waals surface area contributed by atoms with E-state index in [1.165, 1.54) is 0 Å². The highest BCUT2D eigenvalue weighted by molar-refractivity contribution is 7.83. The molecule has 0 unspecified atom stereocenters. The molecule has 0 aliphatic rings. The van der Waals surface area contributed by atoms with Crippen LogP contribution >= 0.6 is 0 Å². The van der Waals surface area contributed by atoms with Crippen LogP contribution in [-0.2, 0) is 10.8 Å². The lowest BCUT2D eigenvalue weighted by molar-refractivity contribution is -0.0413. The standard InChI is InChI=1S/C3H8O2.C2H6OS/c1-2-3(4)5;1-4(2)3/h3-5H,2H2,1H3;1-2H3. The highest BCUT2D eigenvalue weighted by atomic mass is 32.2. The SMILES string of the molecule is CCC(O)O.CS(C)=O. The van der Waals surface area contributed by atoms with Crippen molar-refractivity contribution in [3.63, 3.8) is 0 Å². The van der Waals surface area contributed by atoms with E-state index in [0.717, 1.165) is 0 Å². The second-order valence-electron chi connectivity index (χ2n) is 1.63. The Morgan fingerprint density at radius 2 is 1.56 bits per heavy atom. The van der Waals surface area contributed by atoms with Crippen LogP contribution in [0.25, 0.3) is 0 Å². The maximum atomic E-state index is 9.56. The lowest BCUT2D eigenvalue weighted by Gasteiger charge is -1.90. The Labute approximate surface area is 58.2 Å². The van der Waals surface area contributed by atoms with Crippen LogP contribution in [0, 0.1) is 0 Å². The Morgan fingerprint density at radius 3 is 1.56 bits per heavy atom. The summed E-state index contributed by atoms with van der Waals surface area (Å²) >= 11 is 0. The molecule has 0 spiro atoms. The van der Waals surface area contributed by atoms with Crippen molar-refractivity contribution in [2.24, 2.45) is 0 Å². The summed E-state index contributed by atoms with van der Waals surface area (Å²) in [4.78, 5) is 0. The van der Waals surface area contributed by atoms with E-state index in [2.05, 4.69) is 0 Å². The predicted molar refractivity (Wildman–Crippen MR) is 38.5 cm³/mol. The van der Waals surface area contributed by atoms with Gasteiger partial charge < -0.3 is 10.2 Å². The molecule has 0 aliphatic carbocycles. The zero-order valence-corrected chi connectivity index (χ0v) is 6.81. The fraction of sp³-hybridized carbons (Fsp3) is 1.00. The molecule has 0 aromatic carbocycles. The van der Waals surface area contributed by atoms with E-state index in [0.29, 0.717) is 6.42 Å². The summed E-state index contributed by atoms with van der Waals surface area (Å²) in [6.07, 6.45) is 2.58. The summed E-state index contributed by atoms with van der Waals surface area (Å²) in [6, 6.07) is 0. The lowest BCUT2D eigenvalue weighted by Crippen LogP contribution is -1.99. The van der Waals surface area contributed by atoms with Gasteiger partial charge in [0.1, 0.15) is 0 Å². The Balaban J connectivity index is 0. The highest BCUT2D eigenvalue weighted by Gasteiger charge is 1.83. The van der Waals surface area contributed by atoms with Crippen molar-refractivity contribution in [3.05, 3.63) is 0 Å². The maximum absolute atomic E-state index is 9.56. The van der Waals surface area contributed by atoms with Gasteiger partial charge in [-0.05, 0) is 6.42 Å². The first kappa shape index (κ1) is 11.8. The van der Waals surface area contributed by atoms with Crippen molar-refractivity contribution in [2.75, 3.05) is 12.5 Å². The van der Waals surface area contributed by atoms with Gasteiger partial charge in [0.15, 0.2) is 6.29 Å². The van der Waals surface area contributed by atoms with Gasteiger partial charge in [0.2, 0.25) is 0 Å². The van der Waals surface area contributed by atoms with E-state index in [1.807, 2.05) is 0 Å². The summed E-state index contributed by atoms with van der Waals surface area (Å²) < 4.78 is 9.56. The van der Waals surface area contributed by atoms with Gasteiger partial charge in [0.25, 0.3) is 0 Å². The normalized spacial score (nSPS) is 9.22. The van der Waals surface area contributed by atoms with Crippen LogP contribution in [0.4, 0.5) is 0 Å². The number of aliphatic hydroxyl groups is 2. The Hall–Kier alpha value is 0.0700. The number of hydrogen-bond donors (Lipinski definition) is 2. The van der Waals surface area contributed by atoms with Gasteiger partial charge in [-0.15, -0.1) is 0 Å². The minimum absolute atomic E-state index is 0.417. The Morgan fingerprint density at radius 1 is 1.44 bits per heavy atom. The predicted octanol–water partition coefficient (Wildman–Crippen LogP) is -0.298. The van der Waals surface area contributed by atoms with E-state index in [-0.39, 0.29) is 0 Å². The van der Waals surface area contributed by atoms with Crippen LogP contribution < -0.4 is 0 Å². The molecule has 0 aromatic heterocycles. The first-order valence-corrected chi connectivity index (χ1v) is 4.58. The Kier molecular flexibility index (Phi) is 10.6. The third-order valence-electron chi connectivity index (χ3n) is 0.365. The molecule has 58 valence electrons. The zero-order chi connectivity index (χ0) is 7.86. The molecule has 2 N–H and O–H groups in total. The first-order valence-electron chi connectivity index (χ1n) is 2.61. The largest absolute Gasteiger partial charge is 0.368 e. The fourth-order valence-electron chi connectivity index (χ4n) is 0. The molecule has 3 nitrogen and oxygen atoms in total. The number of aliphatic hydroxyl groups excluding tert-OH is 1. The van der Waals surface area contributed by atoms with Crippen molar-refractivity contribution in [1.82, 2.24) is 0 Å². The van der Waals surface area contributed by atoms with Crippen LogP contribution in [0.5, 0.6) is 0 Å². The lowest BCUT2D eigenvalue weighted by atomic mass is 10.5. The molecule has 4 heteroatoms. The molecule has 0 radical (unpaired) electrons. The number of hydrogen-bond acceptors (Lipinski definition) is 3. The van der Waals surface area contributed by atoms with Crippen LogP contribution in [0.2, 0.25) is 0 Å². The molecule has 0 fully saturated rings. The molecule has 0 aliphatic heterocycles. The molecule has 0 bridgehead atoms. The van der Waals surface area contributed by atoms with Gasteiger partial charge in [-0.2, -0.15) is 0 Å². The third-order valence-corrected chi connectivity index (χ3v) is 0.365. The fourth-order valence-corrected chi connectivity index (χ4v) is 0. The van der Waals surface area contributed by atoms with E-state index in [1.54, 1.807) is 19.4 Å². The topological polar surface area (TPSA) is 57.5 Å². The molecule has 0 heterocycles. The summed E-state index contributed by atoms with van der Waals surface area (Å²) in [5, 5.41) is 15.8. The van der Waals surface area contributed by atoms with E-state index in [4.69, 9.17) is 10.2 Å². The second kappa shape index (κ2) is 8.07. The molecular weight excluding hydrogens is 140 g/mol. The van der Waals surface area contributed by atoms with Crippen LogP contribution in [0.3, 0.4) is 0 Å². The molecule has 0 saturated heterocycles. The van der Waals surface area contributed by atoms with Gasteiger partial charge in [-0.3, -0.25) is 4.21 Å². The summed E-state index contributed by atoms with van der Waals surface area (Å²) in [7, 11) is -0.611. The summed E-state index contributed by atoms with van der Waals surface area (Å²) in [5.41, 5.74) is 0. The maximum Gasteiger partial charge on any atom is 0.151 e. The van der Waals surface area contributed by atoms with E-state index < -0.39 is 17.1 Å². The molecule has 0 rings (SSSR count). The Bertz CT molecular complexity index is 68.6. The molecule has 0 amide bonds. The van der Waals surface area contributed by atoms with Crippen LogP contribution in [0.1, 0.15) is 13.3 Å². The average molecular weight is 154 g/mol. The summed E-state index contributed by atoms with van der Waals surface area (Å²) in [5.74, 6) is 0. The van der Waals surface area contributed by atoms with Gasteiger partial charge >= 0.3 is 0 Å². The van der Waals surface area contributed by atoms with Crippen molar-refractivity contribution in [2.45, 2.75) is 19.6 Å². The minimum Gasteiger partial charge on any atom is -0.368 e. The van der Waals surface area contributed by atoms with Gasteiger partial charge in [0.05, 0.1) is 0 Å². The van der Waals surface area contributed by atoms with Gasteiger partial charge in [0, 0.05) is 23.3 Å². The van der Waals surface area contributed by atoms with Crippen molar-refractivity contribution < 1.29 is 14.4 Å². The molecular formula is C5H14O3S. The molecule has 0 saturated carbocycles. The monoisotopic (exact) mass is 154 g/mol. The average Bonchev–Trinajstić information content (AvgIpc) is 1.65. The summed E-state index contributed by atoms with van der Waals surface area (Å²) in [6.45, 7) is 1.70. The van der Waals surface area contributed by atoms with Crippen LogP contribution in [0.15, 0.2) is 0 Å².